The summed E-state index contributed by atoms with van der Waals surface area (Å²) in [5.41, 5.74) is 0. The van der Waals surface area contributed by atoms with Gasteiger partial charge < -0.3 is 5.32 Å². The van der Waals surface area contributed by atoms with E-state index in [1.54, 1.807) is 11.3 Å². The lowest BCUT2D eigenvalue weighted by Gasteiger charge is -2.14. The van der Waals surface area contributed by atoms with Crippen molar-refractivity contribution in [2.24, 2.45) is 11.8 Å². The molecule has 0 spiro atoms. The summed E-state index contributed by atoms with van der Waals surface area (Å²) in [6, 6.07) is 0. The number of nitrogens with zero attached hydrogens (tertiary/aromatic N) is 1. The zero-order valence-electron chi connectivity index (χ0n) is 8.29. The fourth-order valence-corrected chi connectivity index (χ4v) is 3.23. The molecule has 4 heteroatoms. The molecule has 14 heavy (non-hydrogen) atoms. The van der Waals surface area contributed by atoms with Gasteiger partial charge in [0, 0.05) is 11.9 Å². The average molecular weight is 275 g/mol. The van der Waals surface area contributed by atoms with Crippen LogP contribution in [0.5, 0.6) is 0 Å². The van der Waals surface area contributed by atoms with E-state index in [9.17, 15) is 0 Å². The van der Waals surface area contributed by atoms with Gasteiger partial charge in [-0.05, 0) is 34.2 Å². The van der Waals surface area contributed by atoms with Crippen molar-refractivity contribution in [3.8, 4) is 0 Å². The molecule has 0 radical (unpaired) electrons. The Bertz CT molecular complexity index is 300. The van der Waals surface area contributed by atoms with E-state index in [0.29, 0.717) is 0 Å². The van der Waals surface area contributed by atoms with E-state index in [-0.39, 0.29) is 0 Å². The molecular weight excluding hydrogens is 260 g/mol. The fraction of sp³-hybridized carbons (Fsp3) is 0.700. The van der Waals surface area contributed by atoms with E-state index in [2.05, 4.69) is 33.2 Å². The first-order chi connectivity index (χ1) is 6.75. The molecule has 1 aliphatic rings. The van der Waals surface area contributed by atoms with E-state index >= 15 is 0 Å². The molecule has 0 bridgehead atoms. The van der Waals surface area contributed by atoms with E-state index in [4.69, 9.17) is 0 Å². The quantitative estimate of drug-likeness (QED) is 0.908. The molecule has 2 rings (SSSR count). The summed E-state index contributed by atoms with van der Waals surface area (Å²) in [5, 5.41) is 6.47. The van der Waals surface area contributed by atoms with Gasteiger partial charge in [0.1, 0.15) is 4.60 Å². The van der Waals surface area contributed by atoms with Crippen LogP contribution in [0.4, 0.5) is 5.13 Å². The molecule has 1 fully saturated rings. The average Bonchev–Trinajstić information content (AvgIpc) is 2.72. The zero-order chi connectivity index (χ0) is 9.97. The number of rotatable bonds is 3. The Morgan fingerprint density at radius 2 is 2.50 bits per heavy atom. The maximum Gasteiger partial charge on any atom is 0.183 e. The van der Waals surface area contributed by atoms with Gasteiger partial charge in [-0.15, -0.1) is 11.3 Å². The van der Waals surface area contributed by atoms with Crippen LogP contribution >= 0.6 is 27.3 Å². The topological polar surface area (TPSA) is 24.9 Å². The summed E-state index contributed by atoms with van der Waals surface area (Å²) in [6.07, 6.45) is 4.17. The van der Waals surface area contributed by atoms with Gasteiger partial charge in [0.05, 0.1) is 0 Å². The van der Waals surface area contributed by atoms with E-state index in [1.165, 1.54) is 19.3 Å². The minimum atomic E-state index is 0.845. The minimum Gasteiger partial charge on any atom is -0.361 e. The van der Waals surface area contributed by atoms with Crippen LogP contribution in [-0.2, 0) is 0 Å². The van der Waals surface area contributed by atoms with Gasteiger partial charge in [-0.1, -0.05) is 19.8 Å². The predicted octanol–water partition coefficient (Wildman–Crippen LogP) is 3.75. The van der Waals surface area contributed by atoms with Crippen molar-refractivity contribution >= 4 is 32.4 Å². The summed E-state index contributed by atoms with van der Waals surface area (Å²) < 4.78 is 0.935. The largest absolute Gasteiger partial charge is 0.361 e. The van der Waals surface area contributed by atoms with Crippen LogP contribution in [0, 0.1) is 11.8 Å². The van der Waals surface area contributed by atoms with Gasteiger partial charge in [-0.3, -0.25) is 0 Å². The van der Waals surface area contributed by atoms with Gasteiger partial charge in [-0.25, -0.2) is 4.98 Å². The highest BCUT2D eigenvalue weighted by Crippen LogP contribution is 2.31. The second-order valence-electron chi connectivity index (χ2n) is 4.02. The van der Waals surface area contributed by atoms with Crippen LogP contribution in [0.2, 0.25) is 0 Å². The number of hydrogen-bond acceptors (Lipinski definition) is 3. The van der Waals surface area contributed by atoms with Crippen molar-refractivity contribution in [3.05, 3.63) is 9.98 Å². The first-order valence-electron chi connectivity index (χ1n) is 5.10. The van der Waals surface area contributed by atoms with Gasteiger partial charge >= 0.3 is 0 Å². The van der Waals surface area contributed by atoms with Crippen molar-refractivity contribution in [2.75, 3.05) is 11.9 Å². The summed E-state index contributed by atoms with van der Waals surface area (Å²) in [6.45, 7) is 3.44. The minimum absolute atomic E-state index is 0.845. The molecule has 1 saturated carbocycles. The number of aromatic nitrogens is 1. The normalized spacial score (nSPS) is 26.7. The third kappa shape index (κ3) is 2.48. The highest BCUT2D eigenvalue weighted by molar-refractivity contribution is 9.10. The van der Waals surface area contributed by atoms with Gasteiger partial charge in [0.2, 0.25) is 0 Å². The smallest absolute Gasteiger partial charge is 0.183 e. The monoisotopic (exact) mass is 274 g/mol. The van der Waals surface area contributed by atoms with Crippen LogP contribution in [-0.4, -0.2) is 11.5 Å². The van der Waals surface area contributed by atoms with Gasteiger partial charge in [0.25, 0.3) is 0 Å². The van der Waals surface area contributed by atoms with E-state index in [0.717, 1.165) is 28.1 Å². The number of thiazole rings is 1. The van der Waals surface area contributed by atoms with Crippen LogP contribution in [0.15, 0.2) is 9.98 Å². The van der Waals surface area contributed by atoms with Crippen molar-refractivity contribution in [1.29, 1.82) is 0 Å². The second kappa shape index (κ2) is 4.62. The molecule has 1 aromatic heterocycles. The molecule has 0 saturated heterocycles. The molecule has 1 N–H and O–H groups in total. The van der Waals surface area contributed by atoms with Crippen LogP contribution in [0.1, 0.15) is 26.2 Å². The summed E-state index contributed by atoms with van der Waals surface area (Å²) in [4.78, 5) is 4.32. The third-order valence-electron chi connectivity index (χ3n) is 3.03. The molecule has 1 aliphatic carbocycles. The van der Waals surface area contributed by atoms with E-state index in [1.807, 2.05) is 5.38 Å². The first kappa shape index (κ1) is 10.4. The number of anilines is 1. The SMILES string of the molecule is CC1CCCC1CNc1nc(Br)cs1. The maximum absolute atomic E-state index is 4.32. The maximum atomic E-state index is 4.32. The Balaban J connectivity index is 1.82. The van der Waals surface area contributed by atoms with Crippen molar-refractivity contribution in [1.82, 2.24) is 4.98 Å². The number of hydrogen-bond donors (Lipinski definition) is 1. The number of nitrogens with one attached hydrogen (secondary N) is 1. The Morgan fingerprint density at radius 3 is 3.07 bits per heavy atom. The Hall–Kier alpha value is -0.0900. The molecule has 2 unspecified atom stereocenters. The Morgan fingerprint density at radius 1 is 1.64 bits per heavy atom. The summed E-state index contributed by atoms with van der Waals surface area (Å²) in [7, 11) is 0. The Kier molecular flexibility index (Phi) is 3.44. The highest BCUT2D eigenvalue weighted by Gasteiger charge is 2.22. The first-order valence-corrected chi connectivity index (χ1v) is 6.78. The molecule has 0 amide bonds. The lowest BCUT2D eigenvalue weighted by Crippen LogP contribution is -2.16. The van der Waals surface area contributed by atoms with Crippen LogP contribution < -0.4 is 5.32 Å². The zero-order valence-corrected chi connectivity index (χ0v) is 10.7. The number of halogens is 1. The Labute approximate surface area is 97.3 Å². The molecule has 0 aromatic carbocycles. The molecule has 78 valence electrons. The molecular formula is C10H15BrN2S. The molecule has 1 aromatic rings. The predicted molar refractivity (Wildman–Crippen MR) is 64.8 cm³/mol. The molecule has 2 nitrogen and oxygen atoms in total. The van der Waals surface area contributed by atoms with Crippen LogP contribution in [0.3, 0.4) is 0 Å². The van der Waals surface area contributed by atoms with E-state index < -0.39 is 0 Å². The fourth-order valence-electron chi connectivity index (χ4n) is 2.08. The lowest BCUT2D eigenvalue weighted by molar-refractivity contribution is 0.439. The molecule has 1 heterocycles. The second-order valence-corrected chi connectivity index (χ2v) is 5.70. The molecule has 0 aliphatic heterocycles. The lowest BCUT2D eigenvalue weighted by atomic mass is 9.98. The van der Waals surface area contributed by atoms with Gasteiger partial charge in [0.15, 0.2) is 5.13 Å². The molecule has 2 atom stereocenters. The van der Waals surface area contributed by atoms with Gasteiger partial charge in [-0.2, -0.15) is 0 Å². The van der Waals surface area contributed by atoms with Crippen molar-refractivity contribution in [3.63, 3.8) is 0 Å². The van der Waals surface area contributed by atoms with Crippen molar-refractivity contribution < 1.29 is 0 Å². The summed E-state index contributed by atoms with van der Waals surface area (Å²) in [5.74, 6) is 1.73. The third-order valence-corrected chi connectivity index (χ3v) is 4.54. The highest BCUT2D eigenvalue weighted by atomic mass is 79.9. The standard InChI is InChI=1S/C10H15BrN2S/c1-7-3-2-4-8(7)5-12-10-13-9(11)6-14-10/h6-8H,2-5H2,1H3,(H,12,13). The van der Waals surface area contributed by atoms with Crippen molar-refractivity contribution in [2.45, 2.75) is 26.2 Å². The van der Waals surface area contributed by atoms with Crippen LogP contribution in [0.25, 0.3) is 0 Å². The summed E-state index contributed by atoms with van der Waals surface area (Å²) >= 11 is 5.02.